The van der Waals surface area contributed by atoms with E-state index in [9.17, 15) is 9.59 Å². The number of hydrogen-bond acceptors (Lipinski definition) is 4. The molecule has 0 saturated carbocycles. The molecule has 6 nitrogen and oxygen atoms in total. The fourth-order valence-corrected chi connectivity index (χ4v) is 4.81. The Morgan fingerprint density at radius 1 is 0.878 bits per heavy atom. The first-order valence-electron chi connectivity index (χ1n) is 14.2. The van der Waals surface area contributed by atoms with Gasteiger partial charge in [-0.25, -0.2) is 0 Å². The first-order valence-corrected chi connectivity index (χ1v) is 14.6. The molecule has 41 heavy (non-hydrogen) atoms. The summed E-state index contributed by atoms with van der Waals surface area (Å²) in [5, 5.41) is 6.79. The molecule has 0 fully saturated rings. The van der Waals surface area contributed by atoms with Crippen molar-refractivity contribution in [2.75, 3.05) is 7.05 Å². The van der Waals surface area contributed by atoms with Gasteiger partial charge in [0.05, 0.1) is 6.04 Å². The Bertz CT molecular complexity index is 1260. The lowest BCUT2D eigenvalue weighted by molar-refractivity contribution is -0.132. The third kappa shape index (κ3) is 11.2. The number of nitrogens with one attached hydrogen (secondary N) is 2. The minimum absolute atomic E-state index is 0.167. The zero-order valence-corrected chi connectivity index (χ0v) is 25.9. The van der Waals surface area contributed by atoms with Crippen LogP contribution in [0, 0.1) is 5.92 Å². The van der Waals surface area contributed by atoms with Gasteiger partial charge >= 0.3 is 0 Å². The molecule has 2 atom stereocenters. The molecule has 3 aromatic rings. The molecule has 3 rings (SSSR count). The standard InChI is InChI=1S/C34H44ClN3O3/c1-24(2)19-31(38(6)22-27-13-10-14-28(35)20-27)33(40)36-30(32(39)37-34(3,4)5)21-25-15-17-29(18-16-25)41-23-26-11-8-7-9-12-26/h7-18,20,24,30-31H,19,21-23H2,1-6H3,(H,36,40)(H,37,39)/t30-,31+/m0/s1. The van der Waals surface area contributed by atoms with Crippen molar-refractivity contribution in [3.63, 3.8) is 0 Å². The summed E-state index contributed by atoms with van der Waals surface area (Å²) in [4.78, 5) is 29.2. The van der Waals surface area contributed by atoms with E-state index in [0.29, 0.717) is 31.0 Å². The van der Waals surface area contributed by atoms with Crippen molar-refractivity contribution >= 4 is 23.4 Å². The number of halogens is 1. The molecule has 2 N–H and O–H groups in total. The monoisotopic (exact) mass is 577 g/mol. The Morgan fingerprint density at radius 2 is 1.54 bits per heavy atom. The van der Waals surface area contributed by atoms with E-state index in [0.717, 1.165) is 22.4 Å². The molecule has 0 heterocycles. The van der Waals surface area contributed by atoms with Crippen molar-refractivity contribution in [2.24, 2.45) is 5.92 Å². The zero-order valence-electron chi connectivity index (χ0n) is 25.1. The highest BCUT2D eigenvalue weighted by atomic mass is 35.5. The van der Waals surface area contributed by atoms with E-state index in [4.69, 9.17) is 16.3 Å². The lowest BCUT2D eigenvalue weighted by atomic mass is 9.99. The molecule has 0 radical (unpaired) electrons. The number of carbonyl (C=O) groups excluding carboxylic acids is 2. The molecule has 0 aliphatic rings. The highest BCUT2D eigenvalue weighted by Crippen LogP contribution is 2.19. The number of rotatable bonds is 13. The maximum atomic E-state index is 13.7. The lowest BCUT2D eigenvalue weighted by Gasteiger charge is -2.31. The summed E-state index contributed by atoms with van der Waals surface area (Å²) in [5.74, 6) is 0.658. The summed E-state index contributed by atoms with van der Waals surface area (Å²) in [6.07, 6.45) is 1.02. The third-order valence-electron chi connectivity index (χ3n) is 6.59. The van der Waals surface area contributed by atoms with Crippen molar-refractivity contribution in [3.05, 3.63) is 101 Å². The molecular formula is C34H44ClN3O3. The molecule has 0 unspecified atom stereocenters. The van der Waals surface area contributed by atoms with Crippen LogP contribution in [0.4, 0.5) is 0 Å². The van der Waals surface area contributed by atoms with Gasteiger partial charge < -0.3 is 15.4 Å². The van der Waals surface area contributed by atoms with Crippen LogP contribution >= 0.6 is 11.6 Å². The molecule has 0 spiro atoms. The lowest BCUT2D eigenvalue weighted by Crippen LogP contribution is -2.56. The maximum Gasteiger partial charge on any atom is 0.243 e. The van der Waals surface area contributed by atoms with Crippen molar-refractivity contribution in [1.29, 1.82) is 0 Å². The van der Waals surface area contributed by atoms with E-state index in [2.05, 4.69) is 24.5 Å². The predicted octanol–water partition coefficient (Wildman–Crippen LogP) is 6.41. The average molecular weight is 578 g/mol. The number of ether oxygens (including phenoxy) is 1. The van der Waals surface area contributed by atoms with Crippen molar-refractivity contribution in [2.45, 2.75) is 78.2 Å². The van der Waals surface area contributed by atoms with E-state index in [-0.39, 0.29) is 17.7 Å². The van der Waals surface area contributed by atoms with E-state index < -0.39 is 17.6 Å². The molecule has 220 valence electrons. The van der Waals surface area contributed by atoms with Gasteiger partial charge in [0.2, 0.25) is 11.8 Å². The molecule has 0 saturated heterocycles. The molecule has 0 bridgehead atoms. The van der Waals surface area contributed by atoms with Crippen LogP contribution < -0.4 is 15.4 Å². The summed E-state index contributed by atoms with van der Waals surface area (Å²) in [7, 11) is 1.94. The number of hydrogen-bond donors (Lipinski definition) is 2. The summed E-state index contributed by atoms with van der Waals surface area (Å²) >= 11 is 6.19. The Labute approximate surface area is 250 Å². The number of amides is 2. The molecule has 0 aliphatic heterocycles. The summed E-state index contributed by atoms with van der Waals surface area (Å²) in [6, 6.07) is 24.2. The Morgan fingerprint density at radius 3 is 2.15 bits per heavy atom. The largest absolute Gasteiger partial charge is 0.489 e. The summed E-state index contributed by atoms with van der Waals surface area (Å²) in [6.45, 7) is 11.0. The number of benzene rings is 3. The summed E-state index contributed by atoms with van der Waals surface area (Å²) in [5.41, 5.74) is 2.61. The van der Waals surface area contributed by atoms with E-state index in [1.807, 2.05) is 112 Å². The van der Waals surface area contributed by atoms with Gasteiger partial charge in [0.1, 0.15) is 18.4 Å². The van der Waals surface area contributed by atoms with Gasteiger partial charge in [-0.1, -0.05) is 80.0 Å². The normalized spacial score (nSPS) is 13.1. The molecule has 0 aliphatic carbocycles. The van der Waals surface area contributed by atoms with Crippen LogP contribution in [-0.4, -0.2) is 41.4 Å². The van der Waals surface area contributed by atoms with Crippen LogP contribution in [0.15, 0.2) is 78.9 Å². The summed E-state index contributed by atoms with van der Waals surface area (Å²) < 4.78 is 5.92. The van der Waals surface area contributed by atoms with Gasteiger partial charge in [0.15, 0.2) is 0 Å². The topological polar surface area (TPSA) is 70.7 Å². The number of nitrogens with zero attached hydrogens (tertiary/aromatic N) is 1. The highest BCUT2D eigenvalue weighted by molar-refractivity contribution is 6.30. The number of carbonyl (C=O) groups is 2. The van der Waals surface area contributed by atoms with Gasteiger partial charge in [0, 0.05) is 23.5 Å². The van der Waals surface area contributed by atoms with Crippen LogP contribution in [-0.2, 0) is 29.2 Å². The fraction of sp³-hybridized carbons (Fsp3) is 0.412. The van der Waals surface area contributed by atoms with Crippen LogP contribution in [0.5, 0.6) is 5.75 Å². The average Bonchev–Trinajstić information content (AvgIpc) is 2.90. The van der Waals surface area contributed by atoms with Gasteiger partial charge in [-0.3, -0.25) is 14.5 Å². The second-order valence-corrected chi connectivity index (χ2v) is 12.5. The second-order valence-electron chi connectivity index (χ2n) is 12.1. The number of likely N-dealkylation sites (N-methyl/N-ethyl adjacent to an activating group) is 1. The quantitative estimate of drug-likeness (QED) is 0.246. The van der Waals surface area contributed by atoms with Crippen LogP contribution in [0.1, 0.15) is 57.7 Å². The zero-order chi connectivity index (χ0) is 30.0. The van der Waals surface area contributed by atoms with Gasteiger partial charge in [-0.05, 0) is 81.1 Å². The van der Waals surface area contributed by atoms with E-state index in [1.54, 1.807) is 0 Å². The third-order valence-corrected chi connectivity index (χ3v) is 6.83. The van der Waals surface area contributed by atoms with Crippen molar-refractivity contribution in [3.8, 4) is 5.75 Å². The fourth-order valence-electron chi connectivity index (χ4n) is 4.60. The predicted molar refractivity (Wildman–Crippen MR) is 167 cm³/mol. The minimum Gasteiger partial charge on any atom is -0.489 e. The van der Waals surface area contributed by atoms with E-state index >= 15 is 0 Å². The van der Waals surface area contributed by atoms with Crippen LogP contribution in [0.3, 0.4) is 0 Å². The van der Waals surface area contributed by atoms with Crippen LogP contribution in [0.25, 0.3) is 0 Å². The SMILES string of the molecule is CC(C)C[C@H](C(=O)N[C@@H](Cc1ccc(OCc2ccccc2)cc1)C(=O)NC(C)(C)C)N(C)Cc1cccc(Cl)c1. The van der Waals surface area contributed by atoms with Gasteiger partial charge in [-0.15, -0.1) is 0 Å². The Kier molecular flexibility index (Phi) is 11.8. The Balaban J connectivity index is 1.74. The molecule has 3 aromatic carbocycles. The molecule has 0 aromatic heterocycles. The van der Waals surface area contributed by atoms with Crippen LogP contribution in [0.2, 0.25) is 5.02 Å². The molecule has 2 amide bonds. The maximum absolute atomic E-state index is 13.7. The van der Waals surface area contributed by atoms with Gasteiger partial charge in [-0.2, -0.15) is 0 Å². The minimum atomic E-state index is -0.730. The highest BCUT2D eigenvalue weighted by Gasteiger charge is 2.30. The molecule has 7 heteroatoms. The first kappa shape index (κ1) is 32.2. The second kappa shape index (κ2) is 15.0. The van der Waals surface area contributed by atoms with E-state index in [1.165, 1.54) is 0 Å². The Hall–Kier alpha value is -3.35. The first-order chi connectivity index (χ1) is 19.4. The smallest absolute Gasteiger partial charge is 0.243 e. The van der Waals surface area contributed by atoms with Gasteiger partial charge in [0.25, 0.3) is 0 Å². The molecular weight excluding hydrogens is 534 g/mol. The van der Waals surface area contributed by atoms with Crippen molar-refractivity contribution in [1.82, 2.24) is 15.5 Å². The van der Waals surface area contributed by atoms with Crippen molar-refractivity contribution < 1.29 is 14.3 Å².